The zero-order valence-electron chi connectivity index (χ0n) is 12.5. The summed E-state index contributed by atoms with van der Waals surface area (Å²) in [5.41, 5.74) is 7.39. The number of piperazine rings is 1. The quantitative estimate of drug-likeness (QED) is 0.907. The second-order valence-corrected chi connectivity index (χ2v) is 5.89. The largest absolute Gasteiger partial charge is 0.336 e. The van der Waals surface area contributed by atoms with E-state index in [0.29, 0.717) is 12.5 Å². The average Bonchev–Trinajstić information content (AvgIpc) is 2.47. The molecule has 0 aliphatic carbocycles. The van der Waals surface area contributed by atoms with Crippen molar-refractivity contribution in [1.82, 2.24) is 9.80 Å². The fraction of sp³-hybridized carbons (Fsp3) is 0.562. The van der Waals surface area contributed by atoms with Gasteiger partial charge in [-0.3, -0.25) is 9.69 Å². The van der Waals surface area contributed by atoms with Crippen molar-refractivity contribution in [2.45, 2.75) is 20.4 Å². The monoisotopic (exact) mass is 275 g/mol. The molecule has 110 valence electrons. The van der Waals surface area contributed by atoms with Crippen molar-refractivity contribution in [2.24, 2.45) is 11.7 Å². The Morgan fingerprint density at radius 3 is 2.55 bits per heavy atom. The van der Waals surface area contributed by atoms with E-state index in [1.54, 1.807) is 0 Å². The summed E-state index contributed by atoms with van der Waals surface area (Å²) >= 11 is 0. The zero-order valence-corrected chi connectivity index (χ0v) is 12.5. The Hall–Kier alpha value is -1.39. The van der Waals surface area contributed by atoms with Crippen molar-refractivity contribution in [2.75, 3.05) is 32.7 Å². The van der Waals surface area contributed by atoms with Crippen LogP contribution in [0.4, 0.5) is 0 Å². The van der Waals surface area contributed by atoms with Gasteiger partial charge in [0, 0.05) is 44.8 Å². The van der Waals surface area contributed by atoms with Crippen LogP contribution in [-0.4, -0.2) is 48.4 Å². The molecule has 1 heterocycles. The van der Waals surface area contributed by atoms with Crippen molar-refractivity contribution in [3.05, 3.63) is 35.4 Å². The third kappa shape index (κ3) is 3.81. The zero-order chi connectivity index (χ0) is 14.5. The molecule has 2 N–H and O–H groups in total. The van der Waals surface area contributed by atoms with Crippen molar-refractivity contribution >= 4 is 5.91 Å². The summed E-state index contributed by atoms with van der Waals surface area (Å²) in [5.74, 6) is 0.808. The predicted octanol–water partition coefficient (Wildman–Crippen LogP) is 1.56. The lowest BCUT2D eigenvalue weighted by Crippen LogP contribution is -2.49. The van der Waals surface area contributed by atoms with E-state index in [9.17, 15) is 4.79 Å². The molecule has 4 nitrogen and oxygen atoms in total. The van der Waals surface area contributed by atoms with Gasteiger partial charge in [-0.1, -0.05) is 26.0 Å². The second-order valence-electron chi connectivity index (χ2n) is 5.89. The molecule has 2 rings (SSSR count). The molecule has 0 saturated carbocycles. The highest BCUT2D eigenvalue weighted by atomic mass is 16.2. The number of carbonyl (C=O) groups excluding carboxylic acids is 1. The normalized spacial score (nSPS) is 16.7. The summed E-state index contributed by atoms with van der Waals surface area (Å²) in [7, 11) is 0. The van der Waals surface area contributed by atoms with Crippen molar-refractivity contribution in [3.63, 3.8) is 0 Å². The van der Waals surface area contributed by atoms with Gasteiger partial charge in [0.1, 0.15) is 0 Å². The van der Waals surface area contributed by atoms with Gasteiger partial charge in [-0.05, 0) is 23.6 Å². The molecule has 0 unspecified atom stereocenters. The van der Waals surface area contributed by atoms with E-state index in [-0.39, 0.29) is 5.91 Å². The molecule has 0 radical (unpaired) electrons. The van der Waals surface area contributed by atoms with Crippen LogP contribution < -0.4 is 5.73 Å². The van der Waals surface area contributed by atoms with Gasteiger partial charge >= 0.3 is 0 Å². The lowest BCUT2D eigenvalue weighted by Gasteiger charge is -2.35. The van der Waals surface area contributed by atoms with Crippen LogP contribution in [0.1, 0.15) is 29.8 Å². The maximum Gasteiger partial charge on any atom is 0.253 e. The van der Waals surface area contributed by atoms with E-state index in [4.69, 9.17) is 5.73 Å². The highest BCUT2D eigenvalue weighted by Gasteiger charge is 2.22. The third-order valence-corrected chi connectivity index (χ3v) is 3.69. The Bertz CT molecular complexity index is 451. The molecule has 0 spiro atoms. The molecule has 0 atom stereocenters. The first-order valence-electron chi connectivity index (χ1n) is 7.40. The summed E-state index contributed by atoms with van der Waals surface area (Å²) in [5, 5.41) is 0. The number of carbonyl (C=O) groups is 1. The van der Waals surface area contributed by atoms with Gasteiger partial charge in [-0.15, -0.1) is 0 Å². The minimum atomic E-state index is 0.129. The van der Waals surface area contributed by atoms with Crippen LogP contribution in [0.25, 0.3) is 0 Å². The Morgan fingerprint density at radius 1 is 1.25 bits per heavy atom. The first-order chi connectivity index (χ1) is 9.60. The van der Waals surface area contributed by atoms with Crippen LogP contribution in [0, 0.1) is 5.92 Å². The van der Waals surface area contributed by atoms with Crippen molar-refractivity contribution in [3.8, 4) is 0 Å². The van der Waals surface area contributed by atoms with E-state index < -0.39 is 0 Å². The molecule has 1 aliphatic rings. The molecular formula is C16H25N3O. The number of nitrogens with zero attached hydrogens (tertiary/aromatic N) is 2. The fourth-order valence-corrected chi connectivity index (χ4v) is 2.66. The number of amides is 1. The van der Waals surface area contributed by atoms with Gasteiger partial charge < -0.3 is 10.6 Å². The maximum absolute atomic E-state index is 12.5. The van der Waals surface area contributed by atoms with Crippen LogP contribution in [-0.2, 0) is 6.54 Å². The molecule has 20 heavy (non-hydrogen) atoms. The van der Waals surface area contributed by atoms with Gasteiger partial charge in [0.2, 0.25) is 0 Å². The number of hydrogen-bond acceptors (Lipinski definition) is 3. The van der Waals surface area contributed by atoms with Gasteiger partial charge in [0.15, 0.2) is 0 Å². The molecule has 4 heteroatoms. The van der Waals surface area contributed by atoms with Crippen molar-refractivity contribution in [1.29, 1.82) is 0 Å². The Morgan fingerprint density at radius 2 is 1.95 bits per heavy atom. The fourth-order valence-electron chi connectivity index (χ4n) is 2.66. The summed E-state index contributed by atoms with van der Waals surface area (Å²) in [4.78, 5) is 16.8. The minimum Gasteiger partial charge on any atom is -0.336 e. The third-order valence-electron chi connectivity index (χ3n) is 3.69. The second kappa shape index (κ2) is 6.86. The highest BCUT2D eigenvalue weighted by Crippen LogP contribution is 2.11. The standard InChI is InChI=1S/C16H25N3O/c1-13(2)12-18-6-8-19(9-7-18)16(20)15-5-3-4-14(10-15)11-17/h3-5,10,13H,6-9,11-12,17H2,1-2H3. The lowest BCUT2D eigenvalue weighted by molar-refractivity contribution is 0.0623. The molecule has 1 saturated heterocycles. The van der Waals surface area contributed by atoms with Gasteiger partial charge in [-0.2, -0.15) is 0 Å². The number of nitrogens with two attached hydrogens (primary N) is 1. The first-order valence-corrected chi connectivity index (χ1v) is 7.40. The van der Waals surface area contributed by atoms with Crippen LogP contribution in [0.5, 0.6) is 0 Å². The highest BCUT2D eigenvalue weighted by molar-refractivity contribution is 5.94. The van der Waals surface area contributed by atoms with E-state index in [1.807, 2.05) is 29.2 Å². The Kier molecular flexibility index (Phi) is 5.15. The molecule has 0 bridgehead atoms. The summed E-state index contributed by atoms with van der Waals surface area (Å²) in [6.07, 6.45) is 0. The Labute approximate surface area is 121 Å². The molecule has 1 amide bonds. The van der Waals surface area contributed by atoms with Crippen LogP contribution in [0.2, 0.25) is 0 Å². The minimum absolute atomic E-state index is 0.129. The van der Waals surface area contributed by atoms with Gasteiger partial charge in [-0.25, -0.2) is 0 Å². The van der Waals surface area contributed by atoms with Gasteiger partial charge in [0.05, 0.1) is 0 Å². The van der Waals surface area contributed by atoms with Crippen molar-refractivity contribution < 1.29 is 4.79 Å². The predicted molar refractivity (Wildman–Crippen MR) is 81.5 cm³/mol. The topological polar surface area (TPSA) is 49.6 Å². The molecular weight excluding hydrogens is 250 g/mol. The summed E-state index contributed by atoms with van der Waals surface area (Å²) < 4.78 is 0. The van der Waals surface area contributed by atoms with E-state index in [0.717, 1.165) is 43.9 Å². The van der Waals surface area contributed by atoms with Crippen LogP contribution in [0.3, 0.4) is 0 Å². The van der Waals surface area contributed by atoms with Crippen LogP contribution in [0.15, 0.2) is 24.3 Å². The van der Waals surface area contributed by atoms with E-state index in [1.165, 1.54) is 0 Å². The molecule has 1 aromatic rings. The van der Waals surface area contributed by atoms with E-state index >= 15 is 0 Å². The van der Waals surface area contributed by atoms with E-state index in [2.05, 4.69) is 18.7 Å². The molecule has 0 aromatic heterocycles. The SMILES string of the molecule is CC(C)CN1CCN(C(=O)c2cccc(CN)c2)CC1. The lowest BCUT2D eigenvalue weighted by atomic mass is 10.1. The Balaban J connectivity index is 1.94. The average molecular weight is 275 g/mol. The molecule has 1 aromatic carbocycles. The number of rotatable bonds is 4. The van der Waals surface area contributed by atoms with Gasteiger partial charge in [0.25, 0.3) is 5.91 Å². The summed E-state index contributed by atoms with van der Waals surface area (Å²) in [6, 6.07) is 7.65. The maximum atomic E-state index is 12.5. The molecule has 1 aliphatic heterocycles. The van der Waals surface area contributed by atoms with Crippen LogP contribution >= 0.6 is 0 Å². The summed E-state index contributed by atoms with van der Waals surface area (Å²) in [6.45, 7) is 9.64. The smallest absolute Gasteiger partial charge is 0.253 e. The number of hydrogen-bond donors (Lipinski definition) is 1. The number of benzene rings is 1. The molecule has 1 fully saturated rings. The first kappa shape index (κ1) is 15.0.